The molecule has 2 heterocycles. The molecule has 1 aliphatic heterocycles. The van der Waals surface area contributed by atoms with Crippen LogP contribution in [0.2, 0.25) is 0 Å². The van der Waals surface area contributed by atoms with Crippen LogP contribution in [0.4, 0.5) is 0 Å². The summed E-state index contributed by atoms with van der Waals surface area (Å²) in [7, 11) is 0. The molecule has 0 aliphatic carbocycles. The molecule has 0 unspecified atom stereocenters. The zero-order chi connectivity index (χ0) is 16.5. The lowest BCUT2D eigenvalue weighted by Gasteiger charge is -2.29. The highest BCUT2D eigenvalue weighted by atomic mass is 16.6. The number of nitrogens with zero attached hydrogens (tertiary/aromatic N) is 1. The smallest absolute Gasteiger partial charge is 0.330 e. The third-order valence-electron chi connectivity index (χ3n) is 3.59. The highest BCUT2D eigenvalue weighted by Gasteiger charge is 2.52. The van der Waals surface area contributed by atoms with E-state index in [0.29, 0.717) is 0 Å². The fraction of sp³-hybridized carbons (Fsp3) is 0.667. The lowest BCUT2D eigenvalue weighted by Crippen LogP contribution is -2.49. The van der Waals surface area contributed by atoms with E-state index in [-0.39, 0.29) is 18.9 Å². The van der Waals surface area contributed by atoms with Crippen molar-refractivity contribution in [2.75, 3.05) is 19.8 Å². The molecule has 4 atom stereocenters. The van der Waals surface area contributed by atoms with E-state index in [1.54, 1.807) is 0 Å². The summed E-state index contributed by atoms with van der Waals surface area (Å²) in [6.45, 7) is 1.04. The summed E-state index contributed by atoms with van der Waals surface area (Å²) in [6.07, 6.45) is -2.86. The zero-order valence-electron chi connectivity index (χ0n) is 11.9. The molecule has 1 saturated heterocycles. The SMILES string of the molecule is C[C@@]1(n2cc(OCCN)c(=O)[nH]c2=O)O[C@H](CO)[C@@H](O)[C@H]1O. The minimum atomic E-state index is -1.67. The van der Waals surface area contributed by atoms with Crippen molar-refractivity contribution in [2.24, 2.45) is 5.73 Å². The van der Waals surface area contributed by atoms with E-state index in [4.69, 9.17) is 20.3 Å². The van der Waals surface area contributed by atoms with Crippen molar-refractivity contribution < 1.29 is 24.8 Å². The maximum atomic E-state index is 12.0. The molecule has 0 bridgehead atoms. The van der Waals surface area contributed by atoms with Gasteiger partial charge in [-0.3, -0.25) is 14.3 Å². The second-order valence-electron chi connectivity index (χ2n) is 5.09. The van der Waals surface area contributed by atoms with Gasteiger partial charge in [0.1, 0.15) is 24.9 Å². The molecule has 1 fully saturated rings. The van der Waals surface area contributed by atoms with E-state index in [0.717, 1.165) is 10.8 Å². The molecule has 0 radical (unpaired) electrons. The molecule has 22 heavy (non-hydrogen) atoms. The van der Waals surface area contributed by atoms with E-state index >= 15 is 0 Å². The Morgan fingerprint density at radius 3 is 2.73 bits per heavy atom. The zero-order valence-corrected chi connectivity index (χ0v) is 11.9. The molecule has 1 aromatic rings. The number of rotatable bonds is 5. The van der Waals surface area contributed by atoms with Crippen molar-refractivity contribution in [1.29, 1.82) is 0 Å². The Kier molecular flexibility index (Phi) is 4.68. The van der Waals surface area contributed by atoms with Crippen LogP contribution in [-0.2, 0) is 10.5 Å². The minimum absolute atomic E-state index is 0.0588. The van der Waals surface area contributed by atoms with Crippen LogP contribution in [0.1, 0.15) is 6.92 Å². The molecular formula is C12H19N3O7. The van der Waals surface area contributed by atoms with Crippen LogP contribution in [0, 0.1) is 0 Å². The molecule has 1 aromatic heterocycles. The van der Waals surface area contributed by atoms with Gasteiger partial charge in [-0.1, -0.05) is 0 Å². The van der Waals surface area contributed by atoms with E-state index < -0.39 is 41.9 Å². The average molecular weight is 317 g/mol. The average Bonchev–Trinajstić information content (AvgIpc) is 2.71. The van der Waals surface area contributed by atoms with Gasteiger partial charge in [-0.2, -0.15) is 0 Å². The first-order chi connectivity index (χ1) is 10.3. The number of aromatic nitrogens is 2. The lowest BCUT2D eigenvalue weighted by atomic mass is 10.0. The summed E-state index contributed by atoms with van der Waals surface area (Å²) in [5.74, 6) is -0.177. The molecule has 1 aliphatic rings. The highest BCUT2D eigenvalue weighted by Crippen LogP contribution is 2.34. The number of aliphatic hydroxyl groups is 3. The lowest BCUT2D eigenvalue weighted by molar-refractivity contribution is -0.137. The van der Waals surface area contributed by atoms with Crippen LogP contribution in [0.25, 0.3) is 0 Å². The van der Waals surface area contributed by atoms with Gasteiger partial charge in [0.2, 0.25) is 5.75 Å². The fourth-order valence-corrected chi connectivity index (χ4v) is 2.37. The first-order valence-corrected chi connectivity index (χ1v) is 6.69. The molecule has 0 aromatic carbocycles. The number of nitrogens with two attached hydrogens (primary N) is 1. The molecule has 10 heteroatoms. The summed E-state index contributed by atoms with van der Waals surface area (Å²) in [4.78, 5) is 25.7. The summed E-state index contributed by atoms with van der Waals surface area (Å²) in [6, 6.07) is 0. The normalized spacial score (nSPS) is 31.4. The largest absolute Gasteiger partial charge is 0.485 e. The molecule has 124 valence electrons. The Bertz CT molecular complexity index is 642. The van der Waals surface area contributed by atoms with E-state index in [2.05, 4.69) is 0 Å². The Balaban J connectivity index is 2.47. The van der Waals surface area contributed by atoms with Gasteiger partial charge in [-0.05, 0) is 6.92 Å². The Labute approximate surface area is 124 Å². The monoisotopic (exact) mass is 317 g/mol. The summed E-state index contributed by atoms with van der Waals surface area (Å²) in [5, 5.41) is 29.1. The van der Waals surface area contributed by atoms with Crippen LogP contribution < -0.4 is 21.7 Å². The molecule has 0 amide bonds. The van der Waals surface area contributed by atoms with Crippen LogP contribution >= 0.6 is 0 Å². The van der Waals surface area contributed by atoms with Crippen LogP contribution in [0.15, 0.2) is 15.8 Å². The number of aliphatic hydroxyl groups excluding tert-OH is 3. The van der Waals surface area contributed by atoms with Gasteiger partial charge in [0.15, 0.2) is 5.72 Å². The third-order valence-corrected chi connectivity index (χ3v) is 3.59. The van der Waals surface area contributed by atoms with Crippen LogP contribution in [0.5, 0.6) is 5.75 Å². The molecule has 0 spiro atoms. The number of hydrogen-bond acceptors (Lipinski definition) is 8. The van der Waals surface area contributed by atoms with Gasteiger partial charge in [-0.15, -0.1) is 0 Å². The number of hydrogen-bond donors (Lipinski definition) is 5. The van der Waals surface area contributed by atoms with E-state index in [1.807, 2.05) is 4.98 Å². The first-order valence-electron chi connectivity index (χ1n) is 6.69. The maximum absolute atomic E-state index is 12.0. The van der Waals surface area contributed by atoms with E-state index in [1.165, 1.54) is 6.92 Å². The van der Waals surface area contributed by atoms with Gasteiger partial charge in [0.25, 0.3) is 5.56 Å². The van der Waals surface area contributed by atoms with Gasteiger partial charge in [0, 0.05) is 6.54 Å². The van der Waals surface area contributed by atoms with Crippen molar-refractivity contribution in [3.8, 4) is 5.75 Å². The van der Waals surface area contributed by atoms with Crippen LogP contribution in [0.3, 0.4) is 0 Å². The Morgan fingerprint density at radius 2 is 2.18 bits per heavy atom. The van der Waals surface area contributed by atoms with Gasteiger partial charge in [0.05, 0.1) is 12.8 Å². The molecule has 2 rings (SSSR count). The van der Waals surface area contributed by atoms with Gasteiger partial charge >= 0.3 is 5.69 Å². The first kappa shape index (κ1) is 16.6. The predicted octanol–water partition coefficient (Wildman–Crippen LogP) is -3.34. The van der Waals surface area contributed by atoms with Gasteiger partial charge < -0.3 is 30.5 Å². The molecule has 6 N–H and O–H groups in total. The summed E-state index contributed by atoms with van der Waals surface area (Å²) in [5.41, 5.74) is 2.02. The van der Waals surface area contributed by atoms with Crippen molar-refractivity contribution in [3.05, 3.63) is 27.0 Å². The number of aromatic amines is 1. The summed E-state index contributed by atoms with van der Waals surface area (Å²) >= 11 is 0. The topological polar surface area (TPSA) is 160 Å². The van der Waals surface area contributed by atoms with Gasteiger partial charge in [-0.25, -0.2) is 4.79 Å². The van der Waals surface area contributed by atoms with Crippen molar-refractivity contribution in [1.82, 2.24) is 9.55 Å². The number of ether oxygens (including phenoxy) is 2. The maximum Gasteiger partial charge on any atom is 0.330 e. The predicted molar refractivity (Wildman–Crippen MR) is 73.5 cm³/mol. The van der Waals surface area contributed by atoms with Crippen molar-refractivity contribution in [2.45, 2.75) is 31.0 Å². The Morgan fingerprint density at radius 1 is 1.50 bits per heavy atom. The minimum Gasteiger partial charge on any atom is -0.485 e. The quantitative estimate of drug-likeness (QED) is 0.377. The standard InChI is InChI=1S/C12H19N3O7/c1-12(9(18)8(17)7(5-16)22-12)15-4-6(21-3-2-13)10(19)14-11(15)20/h4,7-9,16-18H,2-3,5,13H2,1H3,(H,14,19,20)/t7-,8-,9-,12-/m1/s1. The van der Waals surface area contributed by atoms with E-state index in [9.17, 15) is 19.8 Å². The van der Waals surface area contributed by atoms with Crippen LogP contribution in [-0.4, -0.2) is 62.9 Å². The van der Waals surface area contributed by atoms with Crippen molar-refractivity contribution in [3.63, 3.8) is 0 Å². The highest BCUT2D eigenvalue weighted by molar-refractivity contribution is 5.14. The second kappa shape index (κ2) is 6.18. The number of H-pyrrole nitrogens is 1. The molecule has 10 nitrogen and oxygen atoms in total. The number of nitrogens with one attached hydrogen (secondary N) is 1. The Hall–Kier alpha value is -1.72. The summed E-state index contributed by atoms with van der Waals surface area (Å²) < 4.78 is 11.4. The van der Waals surface area contributed by atoms with Crippen molar-refractivity contribution >= 4 is 0 Å². The fourth-order valence-electron chi connectivity index (χ4n) is 2.37. The molecular weight excluding hydrogens is 298 g/mol. The molecule has 0 saturated carbocycles. The second-order valence-corrected chi connectivity index (χ2v) is 5.09. The third kappa shape index (κ3) is 2.66.